The van der Waals surface area contributed by atoms with Crippen molar-refractivity contribution in [3.8, 4) is 17.1 Å². The fourth-order valence-corrected chi connectivity index (χ4v) is 3.08. The lowest BCUT2D eigenvalue weighted by Gasteiger charge is -2.36. The molecule has 30 heavy (non-hydrogen) atoms. The van der Waals surface area contributed by atoms with Crippen LogP contribution in [0.15, 0.2) is 53.1 Å². The molecule has 156 valence electrons. The predicted molar refractivity (Wildman–Crippen MR) is 101 cm³/mol. The molecule has 1 aliphatic heterocycles. The molecule has 10 heteroatoms. The zero-order valence-electron chi connectivity index (χ0n) is 15.4. The maximum atomic E-state index is 12.9. The molecule has 2 aromatic carbocycles. The van der Waals surface area contributed by atoms with E-state index in [2.05, 4.69) is 10.1 Å². The van der Waals surface area contributed by atoms with Crippen molar-refractivity contribution in [3.63, 3.8) is 0 Å². The number of likely N-dealkylation sites (tertiary alicyclic amines) is 1. The van der Waals surface area contributed by atoms with Crippen LogP contribution in [0.5, 0.6) is 5.75 Å². The summed E-state index contributed by atoms with van der Waals surface area (Å²) < 4.78 is 49.2. The first-order valence-corrected chi connectivity index (χ1v) is 9.35. The SMILES string of the molecule is O=C(COc1ccc(Cl)cc1)N1CC(c2nc(-c3cccc(C(F)(F)F)c3)no2)C1. The molecule has 4 rings (SSSR count). The first-order chi connectivity index (χ1) is 14.3. The fourth-order valence-electron chi connectivity index (χ4n) is 2.96. The van der Waals surface area contributed by atoms with Crippen LogP contribution in [0.2, 0.25) is 5.02 Å². The van der Waals surface area contributed by atoms with E-state index in [1.54, 1.807) is 29.2 Å². The molecule has 0 unspecified atom stereocenters. The molecule has 0 spiro atoms. The first kappa shape index (κ1) is 20.2. The monoisotopic (exact) mass is 437 g/mol. The van der Waals surface area contributed by atoms with Crippen LogP contribution in [-0.4, -0.2) is 40.6 Å². The average Bonchev–Trinajstić information content (AvgIpc) is 3.15. The Morgan fingerprint density at radius 2 is 1.93 bits per heavy atom. The highest BCUT2D eigenvalue weighted by atomic mass is 35.5. The quantitative estimate of drug-likeness (QED) is 0.591. The molecule has 3 aromatic rings. The Kier molecular flexibility index (Phi) is 5.38. The van der Waals surface area contributed by atoms with E-state index >= 15 is 0 Å². The summed E-state index contributed by atoms with van der Waals surface area (Å²) in [5.41, 5.74) is -0.573. The summed E-state index contributed by atoms with van der Waals surface area (Å²) in [5.74, 6) is 0.528. The van der Waals surface area contributed by atoms with E-state index in [0.717, 1.165) is 12.1 Å². The van der Waals surface area contributed by atoms with Crippen molar-refractivity contribution in [2.45, 2.75) is 12.1 Å². The summed E-state index contributed by atoms with van der Waals surface area (Å²) in [6, 6.07) is 11.4. The Balaban J connectivity index is 1.33. The van der Waals surface area contributed by atoms with Gasteiger partial charge in [0.05, 0.1) is 11.5 Å². The van der Waals surface area contributed by atoms with Crippen molar-refractivity contribution < 1.29 is 27.2 Å². The van der Waals surface area contributed by atoms with E-state index in [9.17, 15) is 18.0 Å². The zero-order valence-corrected chi connectivity index (χ0v) is 16.2. The molecule has 0 atom stereocenters. The van der Waals surface area contributed by atoms with Crippen LogP contribution in [0.3, 0.4) is 0 Å². The number of amides is 1. The predicted octanol–water partition coefficient (Wildman–Crippen LogP) is 4.41. The number of ether oxygens (including phenoxy) is 1. The molecule has 1 saturated heterocycles. The standard InChI is InChI=1S/C20H15ClF3N3O3/c21-15-4-6-16(7-5-15)29-11-17(28)27-9-13(10-27)19-25-18(26-30-19)12-2-1-3-14(8-12)20(22,23)24/h1-8,13H,9-11H2. The maximum Gasteiger partial charge on any atom is 0.416 e. The Morgan fingerprint density at radius 3 is 2.63 bits per heavy atom. The molecular formula is C20H15ClF3N3O3. The smallest absolute Gasteiger partial charge is 0.416 e. The average molecular weight is 438 g/mol. The summed E-state index contributed by atoms with van der Waals surface area (Å²) in [4.78, 5) is 18.0. The molecular weight excluding hydrogens is 423 g/mol. The molecule has 0 N–H and O–H groups in total. The molecule has 0 bridgehead atoms. The van der Waals surface area contributed by atoms with Crippen molar-refractivity contribution in [2.75, 3.05) is 19.7 Å². The van der Waals surface area contributed by atoms with Crippen molar-refractivity contribution in [1.29, 1.82) is 0 Å². The number of carbonyl (C=O) groups is 1. The van der Waals surface area contributed by atoms with Crippen molar-refractivity contribution in [1.82, 2.24) is 15.0 Å². The highest BCUT2D eigenvalue weighted by Crippen LogP contribution is 2.32. The second-order valence-corrected chi connectivity index (χ2v) is 7.21. The number of aromatic nitrogens is 2. The molecule has 1 aliphatic rings. The molecule has 0 aliphatic carbocycles. The fraction of sp³-hybridized carbons (Fsp3) is 0.250. The van der Waals surface area contributed by atoms with E-state index in [0.29, 0.717) is 23.9 Å². The van der Waals surface area contributed by atoms with E-state index in [-0.39, 0.29) is 35.7 Å². The topological polar surface area (TPSA) is 68.5 Å². The van der Waals surface area contributed by atoms with Gasteiger partial charge in [0.2, 0.25) is 11.7 Å². The van der Waals surface area contributed by atoms with Gasteiger partial charge in [-0.15, -0.1) is 0 Å². The van der Waals surface area contributed by atoms with Gasteiger partial charge in [-0.2, -0.15) is 18.2 Å². The van der Waals surface area contributed by atoms with Crippen LogP contribution >= 0.6 is 11.6 Å². The number of carbonyl (C=O) groups excluding carboxylic acids is 1. The summed E-state index contributed by atoms with van der Waals surface area (Å²) in [6.07, 6.45) is -4.45. The summed E-state index contributed by atoms with van der Waals surface area (Å²) in [7, 11) is 0. The van der Waals surface area contributed by atoms with Crippen LogP contribution < -0.4 is 4.74 Å². The van der Waals surface area contributed by atoms with Crippen molar-refractivity contribution in [3.05, 3.63) is 65.0 Å². The normalized spacial score (nSPS) is 14.5. The summed E-state index contributed by atoms with van der Waals surface area (Å²) >= 11 is 5.80. The lowest BCUT2D eigenvalue weighted by atomic mass is 10.00. The third-order valence-corrected chi connectivity index (χ3v) is 4.90. The van der Waals surface area contributed by atoms with E-state index in [1.807, 2.05) is 0 Å². The van der Waals surface area contributed by atoms with Crippen LogP contribution in [0.25, 0.3) is 11.4 Å². The molecule has 1 aromatic heterocycles. The lowest BCUT2D eigenvalue weighted by Crippen LogP contribution is -2.50. The van der Waals surface area contributed by atoms with Crippen LogP contribution in [0, 0.1) is 0 Å². The molecule has 1 fully saturated rings. The third-order valence-electron chi connectivity index (χ3n) is 4.65. The molecule has 0 radical (unpaired) electrons. The Hall–Kier alpha value is -3.07. The Labute approximate surface area is 174 Å². The lowest BCUT2D eigenvalue weighted by molar-refractivity contribution is -0.138. The van der Waals surface area contributed by atoms with E-state index < -0.39 is 11.7 Å². The maximum absolute atomic E-state index is 12.9. The van der Waals surface area contributed by atoms with Crippen molar-refractivity contribution in [2.24, 2.45) is 0 Å². The van der Waals surface area contributed by atoms with Gasteiger partial charge in [-0.3, -0.25) is 4.79 Å². The zero-order chi connectivity index (χ0) is 21.3. The van der Waals surface area contributed by atoms with Gasteiger partial charge in [0.15, 0.2) is 6.61 Å². The van der Waals surface area contributed by atoms with Crippen LogP contribution in [0.4, 0.5) is 13.2 Å². The van der Waals surface area contributed by atoms with Gasteiger partial charge in [0.25, 0.3) is 5.91 Å². The van der Waals surface area contributed by atoms with Gasteiger partial charge in [0.1, 0.15) is 5.75 Å². The number of hydrogen-bond acceptors (Lipinski definition) is 5. The minimum absolute atomic E-state index is 0.0759. The van der Waals surface area contributed by atoms with Crippen molar-refractivity contribution >= 4 is 17.5 Å². The molecule has 0 saturated carbocycles. The summed E-state index contributed by atoms with van der Waals surface area (Å²) in [6.45, 7) is 0.619. The van der Waals surface area contributed by atoms with Gasteiger partial charge in [-0.05, 0) is 36.4 Å². The summed E-state index contributed by atoms with van der Waals surface area (Å²) in [5, 5.41) is 4.35. The largest absolute Gasteiger partial charge is 0.484 e. The number of benzene rings is 2. The van der Waals surface area contributed by atoms with Gasteiger partial charge >= 0.3 is 6.18 Å². The van der Waals surface area contributed by atoms with Gasteiger partial charge in [-0.1, -0.05) is 28.9 Å². The molecule has 6 nitrogen and oxygen atoms in total. The minimum Gasteiger partial charge on any atom is -0.484 e. The third kappa shape index (κ3) is 4.40. The second kappa shape index (κ2) is 7.98. The number of rotatable bonds is 5. The van der Waals surface area contributed by atoms with Gasteiger partial charge in [-0.25, -0.2) is 0 Å². The number of alkyl halides is 3. The Bertz CT molecular complexity index is 1050. The van der Waals surface area contributed by atoms with E-state index in [4.69, 9.17) is 20.9 Å². The van der Waals surface area contributed by atoms with Crippen LogP contribution in [-0.2, 0) is 11.0 Å². The number of halogens is 4. The van der Waals surface area contributed by atoms with Gasteiger partial charge < -0.3 is 14.2 Å². The highest BCUT2D eigenvalue weighted by molar-refractivity contribution is 6.30. The number of nitrogens with zero attached hydrogens (tertiary/aromatic N) is 3. The second-order valence-electron chi connectivity index (χ2n) is 6.77. The van der Waals surface area contributed by atoms with Gasteiger partial charge in [0, 0.05) is 23.7 Å². The Morgan fingerprint density at radius 1 is 1.20 bits per heavy atom. The molecule has 2 heterocycles. The van der Waals surface area contributed by atoms with Crippen LogP contribution in [0.1, 0.15) is 17.4 Å². The number of hydrogen-bond donors (Lipinski definition) is 0. The minimum atomic E-state index is -4.45. The highest BCUT2D eigenvalue weighted by Gasteiger charge is 2.36. The van der Waals surface area contributed by atoms with E-state index in [1.165, 1.54) is 12.1 Å². The molecule has 1 amide bonds. The first-order valence-electron chi connectivity index (χ1n) is 8.97.